The SMILES string of the molecule is CCCCCN1C(=O)c2ccc3c4cccc5c(N6CCNCC6)ccc(c6ccc(c2c36)C1=O)c54. The highest BCUT2D eigenvalue weighted by Gasteiger charge is 2.33. The summed E-state index contributed by atoms with van der Waals surface area (Å²) in [6, 6.07) is 19.1. The van der Waals surface area contributed by atoms with Gasteiger partial charge in [0.25, 0.3) is 11.8 Å². The van der Waals surface area contributed by atoms with Crippen LogP contribution in [-0.4, -0.2) is 49.4 Å². The molecule has 0 bridgehead atoms. The molecule has 0 aromatic heterocycles. The molecule has 0 spiro atoms. The van der Waals surface area contributed by atoms with Crippen molar-refractivity contribution in [3.05, 3.63) is 65.7 Å². The Labute approximate surface area is 210 Å². The van der Waals surface area contributed by atoms with E-state index in [0.717, 1.165) is 67.0 Å². The van der Waals surface area contributed by atoms with E-state index in [0.29, 0.717) is 17.7 Å². The fraction of sp³-hybridized carbons (Fsp3) is 0.290. The molecular weight excluding hydrogens is 446 g/mol. The molecule has 5 aromatic rings. The number of carbonyl (C=O) groups is 2. The van der Waals surface area contributed by atoms with Crippen LogP contribution in [0.3, 0.4) is 0 Å². The van der Waals surface area contributed by atoms with Gasteiger partial charge in [-0.25, -0.2) is 0 Å². The van der Waals surface area contributed by atoms with Gasteiger partial charge >= 0.3 is 0 Å². The Hall–Kier alpha value is -3.70. The summed E-state index contributed by atoms with van der Waals surface area (Å²) in [5.74, 6) is -0.323. The molecule has 1 N–H and O–H groups in total. The number of benzene rings is 5. The summed E-state index contributed by atoms with van der Waals surface area (Å²) in [6.07, 6.45) is 2.90. The van der Waals surface area contributed by atoms with Crippen molar-refractivity contribution >= 4 is 60.6 Å². The van der Waals surface area contributed by atoms with Gasteiger partial charge < -0.3 is 10.2 Å². The summed E-state index contributed by atoms with van der Waals surface area (Å²) in [7, 11) is 0. The molecular formula is C31H29N3O2. The van der Waals surface area contributed by atoms with Gasteiger partial charge in [0.2, 0.25) is 0 Å². The molecule has 0 unspecified atom stereocenters. The molecule has 180 valence electrons. The number of piperazine rings is 1. The van der Waals surface area contributed by atoms with Gasteiger partial charge in [-0.1, -0.05) is 56.2 Å². The molecule has 36 heavy (non-hydrogen) atoms. The van der Waals surface area contributed by atoms with E-state index in [-0.39, 0.29) is 11.8 Å². The minimum atomic E-state index is -0.162. The van der Waals surface area contributed by atoms with Crippen LogP contribution in [0.2, 0.25) is 0 Å². The number of carbonyl (C=O) groups excluding carboxylic acids is 2. The summed E-state index contributed by atoms with van der Waals surface area (Å²) >= 11 is 0. The van der Waals surface area contributed by atoms with Crippen molar-refractivity contribution in [2.24, 2.45) is 0 Å². The number of nitrogens with zero attached hydrogens (tertiary/aromatic N) is 2. The van der Waals surface area contributed by atoms with E-state index in [9.17, 15) is 9.59 Å². The van der Waals surface area contributed by atoms with Crippen LogP contribution in [0.5, 0.6) is 0 Å². The summed E-state index contributed by atoms with van der Waals surface area (Å²) in [4.78, 5) is 30.9. The Morgan fingerprint density at radius 2 is 1.31 bits per heavy atom. The lowest BCUT2D eigenvalue weighted by Gasteiger charge is -2.31. The fourth-order valence-corrected chi connectivity index (χ4v) is 6.43. The van der Waals surface area contributed by atoms with Crippen molar-refractivity contribution in [2.45, 2.75) is 26.2 Å². The van der Waals surface area contributed by atoms with E-state index in [1.807, 2.05) is 12.1 Å². The molecule has 0 aliphatic carbocycles. The molecule has 5 aromatic carbocycles. The number of fused-ring (bicyclic) bond motifs is 2. The Morgan fingerprint density at radius 3 is 2.00 bits per heavy atom. The quantitative estimate of drug-likeness (QED) is 0.148. The van der Waals surface area contributed by atoms with Crippen LogP contribution in [0.15, 0.2) is 54.6 Å². The Balaban J connectivity index is 1.50. The first-order chi connectivity index (χ1) is 17.7. The van der Waals surface area contributed by atoms with Crippen molar-refractivity contribution in [1.82, 2.24) is 10.2 Å². The van der Waals surface area contributed by atoms with E-state index in [1.165, 1.54) is 32.1 Å². The van der Waals surface area contributed by atoms with Gasteiger partial charge in [-0.3, -0.25) is 14.5 Å². The van der Waals surface area contributed by atoms with Crippen LogP contribution in [0.25, 0.3) is 43.1 Å². The van der Waals surface area contributed by atoms with E-state index >= 15 is 0 Å². The largest absolute Gasteiger partial charge is 0.368 e. The zero-order valence-corrected chi connectivity index (χ0v) is 20.6. The second kappa shape index (κ2) is 8.17. The van der Waals surface area contributed by atoms with Crippen LogP contribution in [0.4, 0.5) is 5.69 Å². The minimum Gasteiger partial charge on any atom is -0.368 e. The van der Waals surface area contributed by atoms with E-state index < -0.39 is 0 Å². The number of hydrogen-bond acceptors (Lipinski definition) is 4. The van der Waals surface area contributed by atoms with Gasteiger partial charge in [-0.05, 0) is 56.9 Å². The lowest BCUT2D eigenvalue weighted by atomic mass is 9.84. The van der Waals surface area contributed by atoms with E-state index in [1.54, 1.807) is 0 Å². The second-order valence-corrected chi connectivity index (χ2v) is 10.1. The Bertz CT molecular complexity index is 1610. The third-order valence-electron chi connectivity index (χ3n) is 8.15. The summed E-state index contributed by atoms with van der Waals surface area (Å²) in [5, 5.41) is 12.4. The van der Waals surface area contributed by atoms with E-state index in [4.69, 9.17) is 0 Å². The van der Waals surface area contributed by atoms with Crippen molar-refractivity contribution in [3.63, 3.8) is 0 Å². The predicted molar refractivity (Wildman–Crippen MR) is 148 cm³/mol. The average molecular weight is 476 g/mol. The first-order valence-corrected chi connectivity index (χ1v) is 13.2. The van der Waals surface area contributed by atoms with Gasteiger partial charge in [0.1, 0.15) is 0 Å². The molecule has 2 heterocycles. The maximum atomic E-state index is 13.5. The molecule has 0 atom stereocenters. The third kappa shape index (κ3) is 2.93. The molecule has 2 amide bonds. The molecule has 1 fully saturated rings. The normalized spacial score (nSPS) is 16.4. The molecule has 2 aliphatic heterocycles. The average Bonchev–Trinajstić information content (AvgIpc) is 2.92. The molecule has 0 radical (unpaired) electrons. The Morgan fingerprint density at radius 1 is 0.694 bits per heavy atom. The van der Waals surface area contributed by atoms with Gasteiger partial charge in [-0.15, -0.1) is 0 Å². The molecule has 1 saturated heterocycles. The highest BCUT2D eigenvalue weighted by atomic mass is 16.2. The molecule has 5 heteroatoms. The molecule has 2 aliphatic rings. The van der Waals surface area contributed by atoms with Crippen LogP contribution in [0, 0.1) is 0 Å². The van der Waals surface area contributed by atoms with Crippen LogP contribution in [0.1, 0.15) is 46.9 Å². The number of nitrogens with one attached hydrogen (secondary N) is 1. The van der Waals surface area contributed by atoms with Crippen molar-refractivity contribution < 1.29 is 9.59 Å². The minimum absolute atomic E-state index is 0.162. The summed E-state index contributed by atoms with van der Waals surface area (Å²) in [5.41, 5.74) is 2.57. The van der Waals surface area contributed by atoms with Crippen molar-refractivity contribution in [2.75, 3.05) is 37.6 Å². The van der Waals surface area contributed by atoms with Gasteiger partial charge in [0.05, 0.1) is 0 Å². The molecule has 5 nitrogen and oxygen atoms in total. The smallest absolute Gasteiger partial charge is 0.261 e. The maximum absolute atomic E-state index is 13.5. The van der Waals surface area contributed by atoms with Gasteiger partial charge in [0.15, 0.2) is 0 Å². The zero-order valence-electron chi connectivity index (χ0n) is 20.6. The summed E-state index contributed by atoms with van der Waals surface area (Å²) < 4.78 is 0. The standard InChI is InChI=1S/C31H29N3O2/c1-2-3-4-16-34-30(35)24-10-8-21-19-6-5-7-23-26(33-17-14-32-15-18-33)13-12-20(27(19)23)22-9-11-25(31(34)36)29(24)28(21)22/h5-13,32H,2-4,14-18H2,1H3. The summed E-state index contributed by atoms with van der Waals surface area (Å²) in [6.45, 7) is 6.59. The maximum Gasteiger partial charge on any atom is 0.261 e. The number of unbranched alkanes of at least 4 members (excludes halogenated alkanes) is 2. The number of hydrogen-bond donors (Lipinski definition) is 1. The first kappa shape index (κ1) is 21.6. The van der Waals surface area contributed by atoms with E-state index in [2.05, 4.69) is 59.6 Å². The number of anilines is 1. The fourth-order valence-electron chi connectivity index (χ4n) is 6.43. The van der Waals surface area contributed by atoms with Gasteiger partial charge in [0, 0.05) is 60.3 Å². The Kier molecular flexibility index (Phi) is 4.90. The number of imide groups is 1. The van der Waals surface area contributed by atoms with Crippen LogP contribution >= 0.6 is 0 Å². The number of amides is 2. The topological polar surface area (TPSA) is 52.7 Å². The van der Waals surface area contributed by atoms with Crippen molar-refractivity contribution in [3.8, 4) is 0 Å². The lowest BCUT2D eigenvalue weighted by molar-refractivity contribution is 0.0608. The van der Waals surface area contributed by atoms with Crippen LogP contribution in [-0.2, 0) is 0 Å². The van der Waals surface area contributed by atoms with Crippen LogP contribution < -0.4 is 10.2 Å². The third-order valence-corrected chi connectivity index (χ3v) is 8.15. The molecule has 7 rings (SSSR count). The predicted octanol–water partition coefficient (Wildman–Crippen LogP) is 5.93. The highest BCUT2D eigenvalue weighted by molar-refractivity contribution is 6.38. The lowest BCUT2D eigenvalue weighted by Crippen LogP contribution is -2.43. The van der Waals surface area contributed by atoms with Gasteiger partial charge in [-0.2, -0.15) is 0 Å². The zero-order chi connectivity index (χ0) is 24.4. The first-order valence-electron chi connectivity index (χ1n) is 13.2. The second-order valence-electron chi connectivity index (χ2n) is 10.1. The molecule has 0 saturated carbocycles. The monoisotopic (exact) mass is 475 g/mol. The highest BCUT2D eigenvalue weighted by Crippen LogP contribution is 2.45. The number of rotatable bonds is 5. The van der Waals surface area contributed by atoms with Crippen molar-refractivity contribution in [1.29, 1.82) is 0 Å².